The van der Waals surface area contributed by atoms with E-state index in [4.69, 9.17) is 18.9 Å². The number of ether oxygens (including phenoxy) is 4. The number of amides is 1. The third-order valence-corrected chi connectivity index (χ3v) is 5.96. The van der Waals surface area contributed by atoms with Crippen molar-refractivity contribution in [3.63, 3.8) is 0 Å². The molecule has 0 atom stereocenters. The number of nitrogens with one attached hydrogen (secondary N) is 2. The van der Waals surface area contributed by atoms with E-state index in [0.717, 1.165) is 0 Å². The molecule has 1 heterocycles. The number of carbonyl (C=O) groups excluding carboxylic acids is 1. The number of anilines is 1. The smallest absolute Gasteiger partial charge is 0.262 e. The predicted octanol–water partition coefficient (Wildman–Crippen LogP) is 3.07. The van der Waals surface area contributed by atoms with Gasteiger partial charge in [0.05, 0.1) is 31.3 Å². The summed E-state index contributed by atoms with van der Waals surface area (Å²) in [6.07, 6.45) is 1.41. The molecule has 0 saturated carbocycles. The summed E-state index contributed by atoms with van der Waals surface area (Å²) in [4.78, 5) is 16.2. The number of pyridine rings is 1. The molecule has 3 aromatic rings. The van der Waals surface area contributed by atoms with Crippen LogP contribution in [-0.4, -0.2) is 53.8 Å². The van der Waals surface area contributed by atoms with Crippen LogP contribution in [0.5, 0.6) is 23.1 Å². The Morgan fingerprint density at radius 3 is 2.29 bits per heavy atom. The molecule has 0 spiro atoms. The molecular weight excluding hydrogens is 462 g/mol. The molecule has 0 saturated heterocycles. The zero-order chi connectivity index (χ0) is 24.6. The summed E-state index contributed by atoms with van der Waals surface area (Å²) < 4.78 is 48.8. The van der Waals surface area contributed by atoms with Crippen molar-refractivity contribution < 1.29 is 32.2 Å². The van der Waals surface area contributed by atoms with Crippen LogP contribution >= 0.6 is 0 Å². The SMILES string of the molecule is COCCNC(=O)c1ccc(Oc2ccc(NS(=O)(=O)c3ccc(OC)c(OC)c3)cc2)nc1. The number of carbonyl (C=O) groups is 1. The number of nitrogens with zero attached hydrogens (tertiary/aromatic N) is 1. The van der Waals surface area contributed by atoms with Gasteiger partial charge >= 0.3 is 0 Å². The molecule has 10 nitrogen and oxygen atoms in total. The maximum Gasteiger partial charge on any atom is 0.262 e. The molecule has 2 aromatic carbocycles. The molecule has 0 aliphatic rings. The number of methoxy groups -OCH3 is 3. The highest BCUT2D eigenvalue weighted by Gasteiger charge is 2.17. The Morgan fingerprint density at radius 2 is 1.68 bits per heavy atom. The first-order valence-corrected chi connectivity index (χ1v) is 11.6. The summed E-state index contributed by atoms with van der Waals surface area (Å²) in [6.45, 7) is 0.816. The third-order valence-electron chi connectivity index (χ3n) is 4.58. The average molecular weight is 488 g/mol. The number of rotatable bonds is 11. The fourth-order valence-corrected chi connectivity index (χ4v) is 3.93. The molecule has 2 N–H and O–H groups in total. The van der Waals surface area contributed by atoms with Gasteiger partial charge in [0.25, 0.3) is 15.9 Å². The van der Waals surface area contributed by atoms with E-state index in [2.05, 4.69) is 15.0 Å². The first kappa shape index (κ1) is 24.8. The van der Waals surface area contributed by atoms with Crippen molar-refractivity contribution in [1.82, 2.24) is 10.3 Å². The minimum Gasteiger partial charge on any atom is -0.493 e. The highest BCUT2D eigenvalue weighted by Crippen LogP contribution is 2.30. The number of hydrogen-bond donors (Lipinski definition) is 2. The Morgan fingerprint density at radius 1 is 0.941 bits per heavy atom. The molecule has 0 aliphatic carbocycles. The molecule has 1 amide bonds. The van der Waals surface area contributed by atoms with Crippen molar-refractivity contribution >= 4 is 21.6 Å². The van der Waals surface area contributed by atoms with Gasteiger partial charge in [-0.3, -0.25) is 9.52 Å². The zero-order valence-electron chi connectivity index (χ0n) is 18.9. The minimum absolute atomic E-state index is 0.0287. The molecule has 0 unspecified atom stereocenters. The van der Waals surface area contributed by atoms with E-state index in [1.54, 1.807) is 43.5 Å². The summed E-state index contributed by atoms with van der Waals surface area (Å²) in [5.74, 6) is 1.20. The second-order valence-corrected chi connectivity index (χ2v) is 8.56. The summed E-state index contributed by atoms with van der Waals surface area (Å²) in [5, 5.41) is 2.70. The molecule has 0 fully saturated rings. The fourth-order valence-electron chi connectivity index (χ4n) is 2.85. The zero-order valence-corrected chi connectivity index (χ0v) is 19.7. The normalized spacial score (nSPS) is 10.9. The maximum absolute atomic E-state index is 12.7. The Hall–Kier alpha value is -3.83. The molecule has 34 heavy (non-hydrogen) atoms. The molecule has 1 aromatic heterocycles. The summed E-state index contributed by atoms with van der Waals surface area (Å²) >= 11 is 0. The molecule has 180 valence electrons. The van der Waals surface area contributed by atoms with Crippen LogP contribution in [0.4, 0.5) is 5.69 Å². The monoisotopic (exact) mass is 487 g/mol. The maximum atomic E-state index is 12.7. The molecule has 0 radical (unpaired) electrons. The quantitative estimate of drug-likeness (QED) is 0.396. The Bertz CT molecular complexity index is 1210. The molecule has 0 bridgehead atoms. The molecule has 3 rings (SSSR count). The summed E-state index contributed by atoms with van der Waals surface area (Å²) in [7, 11) is 0.609. The van der Waals surface area contributed by atoms with Crippen molar-refractivity contribution in [2.45, 2.75) is 4.90 Å². The topological polar surface area (TPSA) is 125 Å². The van der Waals surface area contributed by atoms with Crippen LogP contribution in [0.1, 0.15) is 10.4 Å². The average Bonchev–Trinajstić information content (AvgIpc) is 2.85. The summed E-state index contributed by atoms with van der Waals surface area (Å²) in [5.41, 5.74) is 0.738. The van der Waals surface area contributed by atoms with Crippen LogP contribution in [0, 0.1) is 0 Å². The highest BCUT2D eigenvalue weighted by atomic mass is 32.2. The van der Waals surface area contributed by atoms with Gasteiger partial charge in [-0.1, -0.05) is 0 Å². The molecular formula is C23H25N3O7S. The number of sulfonamides is 1. The lowest BCUT2D eigenvalue weighted by Crippen LogP contribution is -2.26. The lowest BCUT2D eigenvalue weighted by Gasteiger charge is -2.12. The van der Waals surface area contributed by atoms with Crippen molar-refractivity contribution in [2.75, 3.05) is 39.2 Å². The molecule has 0 aliphatic heterocycles. The van der Waals surface area contributed by atoms with Crippen molar-refractivity contribution in [2.24, 2.45) is 0 Å². The van der Waals surface area contributed by atoms with Gasteiger partial charge in [-0.25, -0.2) is 13.4 Å². The minimum atomic E-state index is -3.85. The van der Waals surface area contributed by atoms with Gasteiger partial charge in [0.15, 0.2) is 11.5 Å². The van der Waals surface area contributed by atoms with Gasteiger partial charge < -0.3 is 24.3 Å². The van der Waals surface area contributed by atoms with Gasteiger partial charge in [-0.15, -0.1) is 0 Å². The van der Waals surface area contributed by atoms with E-state index in [9.17, 15) is 13.2 Å². The first-order chi connectivity index (χ1) is 16.4. The van der Waals surface area contributed by atoms with Gasteiger partial charge in [0, 0.05) is 37.7 Å². The standard InChI is InChI=1S/C23H25N3O7S/c1-30-13-12-24-23(27)16-4-11-22(25-15-16)33-18-7-5-17(6-8-18)26-34(28,29)19-9-10-20(31-2)21(14-19)32-3/h4-11,14-15,26H,12-13H2,1-3H3,(H,24,27). The van der Waals surface area contributed by atoms with Gasteiger partial charge in [-0.05, 0) is 42.5 Å². The predicted molar refractivity (Wildman–Crippen MR) is 125 cm³/mol. The Balaban J connectivity index is 1.63. The fraction of sp³-hybridized carbons (Fsp3) is 0.217. The largest absolute Gasteiger partial charge is 0.493 e. The summed E-state index contributed by atoms with van der Waals surface area (Å²) in [6, 6.07) is 13.8. The first-order valence-electron chi connectivity index (χ1n) is 10.1. The van der Waals surface area contributed by atoms with Crippen LogP contribution in [0.25, 0.3) is 0 Å². The second kappa shape index (κ2) is 11.3. The molecule has 11 heteroatoms. The number of hydrogen-bond acceptors (Lipinski definition) is 8. The van der Waals surface area contributed by atoms with Crippen molar-refractivity contribution in [1.29, 1.82) is 0 Å². The highest BCUT2D eigenvalue weighted by molar-refractivity contribution is 7.92. The van der Waals surface area contributed by atoms with E-state index >= 15 is 0 Å². The van der Waals surface area contributed by atoms with E-state index in [-0.39, 0.29) is 16.7 Å². The van der Waals surface area contributed by atoms with E-state index < -0.39 is 10.0 Å². The van der Waals surface area contributed by atoms with Crippen LogP contribution < -0.4 is 24.2 Å². The van der Waals surface area contributed by atoms with Gasteiger partial charge in [0.2, 0.25) is 5.88 Å². The lowest BCUT2D eigenvalue weighted by molar-refractivity contribution is 0.0936. The van der Waals surface area contributed by atoms with Gasteiger partial charge in [-0.2, -0.15) is 0 Å². The van der Waals surface area contributed by atoms with Gasteiger partial charge in [0.1, 0.15) is 5.75 Å². The number of aromatic nitrogens is 1. The van der Waals surface area contributed by atoms with Crippen molar-refractivity contribution in [3.8, 4) is 23.1 Å². The van der Waals surface area contributed by atoms with E-state index in [1.165, 1.54) is 38.6 Å². The second-order valence-electron chi connectivity index (χ2n) is 6.88. The van der Waals surface area contributed by atoms with Crippen LogP contribution in [0.2, 0.25) is 0 Å². The van der Waals surface area contributed by atoms with E-state index in [1.807, 2.05) is 0 Å². The van der Waals surface area contributed by atoms with E-state index in [0.29, 0.717) is 41.7 Å². The number of benzene rings is 2. The third kappa shape index (κ3) is 6.36. The van der Waals surface area contributed by atoms with Crippen molar-refractivity contribution in [3.05, 3.63) is 66.4 Å². The van der Waals surface area contributed by atoms with Crippen LogP contribution in [0.15, 0.2) is 65.7 Å². The Labute approximate surface area is 197 Å². The Kier molecular flexibility index (Phi) is 8.28. The van der Waals surface area contributed by atoms with Crippen LogP contribution in [-0.2, 0) is 14.8 Å². The lowest BCUT2D eigenvalue weighted by atomic mass is 10.2. The van der Waals surface area contributed by atoms with Crippen LogP contribution in [0.3, 0.4) is 0 Å².